The van der Waals surface area contributed by atoms with E-state index in [0.717, 1.165) is 6.07 Å². The Labute approximate surface area is 107 Å². The Bertz CT molecular complexity index is 578. The maximum Gasteiger partial charge on any atom is 0.167 e. The number of hydrogen-bond acceptors (Lipinski definition) is 3. The van der Waals surface area contributed by atoms with Gasteiger partial charge < -0.3 is 10.1 Å². The number of hydrogen-bond donors (Lipinski definition) is 1. The molecule has 1 aromatic heterocycles. The van der Waals surface area contributed by atoms with Crippen molar-refractivity contribution in [2.24, 2.45) is 0 Å². The number of nitrogens with zero attached hydrogens (tertiary/aromatic N) is 1. The number of aromatic nitrogens is 1. The van der Waals surface area contributed by atoms with Crippen LogP contribution in [0.15, 0.2) is 30.5 Å². The molecular weight excluding hydrogens is 262 g/mol. The lowest BCUT2D eigenvalue weighted by Crippen LogP contribution is -1.99. The monoisotopic (exact) mass is 270 g/mol. The first-order valence-corrected chi connectivity index (χ1v) is 5.39. The highest BCUT2D eigenvalue weighted by Crippen LogP contribution is 2.25. The fraction of sp³-hybridized carbons (Fsp3) is 0.0833. The normalized spacial score (nSPS) is 10.2. The molecule has 0 amide bonds. The maximum atomic E-state index is 13.5. The zero-order chi connectivity index (χ0) is 13.1. The predicted molar refractivity (Wildman–Crippen MR) is 65.4 cm³/mol. The zero-order valence-corrected chi connectivity index (χ0v) is 10.1. The summed E-state index contributed by atoms with van der Waals surface area (Å²) in [4.78, 5) is 3.74. The van der Waals surface area contributed by atoms with Crippen LogP contribution in [-0.2, 0) is 0 Å². The van der Waals surface area contributed by atoms with E-state index >= 15 is 0 Å². The van der Waals surface area contributed by atoms with Crippen molar-refractivity contribution >= 4 is 23.1 Å². The van der Waals surface area contributed by atoms with Gasteiger partial charge in [-0.1, -0.05) is 11.6 Å². The van der Waals surface area contributed by atoms with Gasteiger partial charge in [-0.25, -0.2) is 13.8 Å². The predicted octanol–water partition coefficient (Wildman–Crippen LogP) is 3.77. The fourth-order valence-corrected chi connectivity index (χ4v) is 1.51. The Morgan fingerprint density at radius 3 is 2.67 bits per heavy atom. The molecule has 0 unspecified atom stereocenters. The van der Waals surface area contributed by atoms with Crippen LogP contribution >= 0.6 is 11.6 Å². The number of pyridine rings is 1. The summed E-state index contributed by atoms with van der Waals surface area (Å²) < 4.78 is 32.0. The Morgan fingerprint density at radius 1 is 1.22 bits per heavy atom. The highest BCUT2D eigenvalue weighted by Gasteiger charge is 2.09. The molecule has 1 aromatic carbocycles. The molecule has 18 heavy (non-hydrogen) atoms. The average Bonchev–Trinajstić information content (AvgIpc) is 2.35. The number of anilines is 2. The standard InChI is InChI=1S/C12H9ClF2N2O/c1-18-8-2-3-9(14)11(5-8)17-12-10(15)4-7(13)6-16-12/h2-6H,1H3,(H,16,17). The number of ether oxygens (including phenoxy) is 1. The van der Waals surface area contributed by atoms with Crippen LogP contribution in [0.1, 0.15) is 0 Å². The lowest BCUT2D eigenvalue weighted by molar-refractivity contribution is 0.414. The van der Waals surface area contributed by atoms with Gasteiger partial charge in [0.15, 0.2) is 11.6 Å². The summed E-state index contributed by atoms with van der Waals surface area (Å²) in [7, 11) is 1.46. The number of benzene rings is 1. The lowest BCUT2D eigenvalue weighted by Gasteiger charge is -2.09. The van der Waals surface area contributed by atoms with Gasteiger partial charge in [0.25, 0.3) is 0 Å². The second-order valence-corrected chi connectivity index (χ2v) is 3.89. The van der Waals surface area contributed by atoms with E-state index in [9.17, 15) is 8.78 Å². The van der Waals surface area contributed by atoms with Gasteiger partial charge in [0, 0.05) is 12.3 Å². The fourth-order valence-electron chi connectivity index (χ4n) is 1.36. The summed E-state index contributed by atoms with van der Waals surface area (Å²) in [6.07, 6.45) is 1.27. The van der Waals surface area contributed by atoms with E-state index in [2.05, 4.69) is 10.3 Å². The van der Waals surface area contributed by atoms with E-state index in [1.165, 1.54) is 31.5 Å². The first-order valence-electron chi connectivity index (χ1n) is 5.02. The molecule has 0 atom stereocenters. The first-order chi connectivity index (χ1) is 8.60. The molecule has 94 valence electrons. The van der Waals surface area contributed by atoms with Crippen molar-refractivity contribution in [3.63, 3.8) is 0 Å². The Balaban J connectivity index is 2.33. The van der Waals surface area contributed by atoms with Crippen molar-refractivity contribution in [1.29, 1.82) is 0 Å². The molecule has 1 heterocycles. The Kier molecular flexibility index (Phi) is 3.62. The average molecular weight is 271 g/mol. The van der Waals surface area contributed by atoms with Crippen LogP contribution in [-0.4, -0.2) is 12.1 Å². The minimum absolute atomic E-state index is 0.0723. The van der Waals surface area contributed by atoms with E-state index in [0.29, 0.717) is 5.75 Å². The maximum absolute atomic E-state index is 13.5. The summed E-state index contributed by atoms with van der Waals surface area (Å²) >= 11 is 5.57. The Morgan fingerprint density at radius 2 is 2.00 bits per heavy atom. The van der Waals surface area contributed by atoms with Gasteiger partial charge in [-0.05, 0) is 18.2 Å². The van der Waals surface area contributed by atoms with E-state index in [4.69, 9.17) is 16.3 Å². The molecule has 1 N–H and O–H groups in total. The van der Waals surface area contributed by atoms with Crippen LogP contribution in [0.3, 0.4) is 0 Å². The molecule has 0 spiro atoms. The molecular formula is C12H9ClF2N2O. The molecule has 0 aliphatic carbocycles. The molecule has 6 heteroatoms. The quantitative estimate of drug-likeness (QED) is 0.922. The number of nitrogens with one attached hydrogen (secondary N) is 1. The highest BCUT2D eigenvalue weighted by molar-refractivity contribution is 6.30. The minimum Gasteiger partial charge on any atom is -0.497 e. The van der Waals surface area contributed by atoms with Crippen LogP contribution in [0.2, 0.25) is 5.02 Å². The van der Waals surface area contributed by atoms with Gasteiger partial charge in [0.05, 0.1) is 17.8 Å². The van der Waals surface area contributed by atoms with Gasteiger partial charge in [-0.3, -0.25) is 0 Å². The van der Waals surface area contributed by atoms with Gasteiger partial charge >= 0.3 is 0 Å². The van der Waals surface area contributed by atoms with E-state index in [-0.39, 0.29) is 16.5 Å². The van der Waals surface area contributed by atoms with Gasteiger partial charge in [-0.15, -0.1) is 0 Å². The van der Waals surface area contributed by atoms with Crippen LogP contribution in [0.4, 0.5) is 20.3 Å². The third-order valence-electron chi connectivity index (χ3n) is 2.23. The highest BCUT2D eigenvalue weighted by atomic mass is 35.5. The largest absolute Gasteiger partial charge is 0.497 e. The minimum atomic E-state index is -0.662. The SMILES string of the molecule is COc1ccc(F)c(Nc2ncc(Cl)cc2F)c1. The van der Waals surface area contributed by atoms with Gasteiger partial charge in [-0.2, -0.15) is 0 Å². The molecule has 0 saturated heterocycles. The van der Waals surface area contributed by atoms with E-state index in [1.54, 1.807) is 0 Å². The molecule has 2 rings (SSSR count). The third kappa shape index (κ3) is 2.68. The van der Waals surface area contributed by atoms with Crippen LogP contribution < -0.4 is 10.1 Å². The summed E-state index contributed by atoms with van der Waals surface area (Å²) in [5.74, 6) is -0.850. The van der Waals surface area contributed by atoms with Crippen molar-refractivity contribution in [2.45, 2.75) is 0 Å². The van der Waals surface area contributed by atoms with Crippen molar-refractivity contribution in [3.05, 3.63) is 47.1 Å². The summed E-state index contributed by atoms with van der Waals surface area (Å²) in [6, 6.07) is 5.18. The van der Waals surface area contributed by atoms with Crippen molar-refractivity contribution < 1.29 is 13.5 Å². The topological polar surface area (TPSA) is 34.1 Å². The summed E-state index contributed by atoms with van der Waals surface area (Å²) in [5.41, 5.74) is 0.0723. The molecule has 0 radical (unpaired) electrons. The lowest BCUT2D eigenvalue weighted by atomic mass is 10.3. The molecule has 3 nitrogen and oxygen atoms in total. The van der Waals surface area contributed by atoms with E-state index in [1.807, 2.05) is 0 Å². The zero-order valence-electron chi connectivity index (χ0n) is 9.38. The van der Waals surface area contributed by atoms with Crippen LogP contribution in [0, 0.1) is 11.6 Å². The molecule has 0 saturated carbocycles. The van der Waals surface area contributed by atoms with Crippen LogP contribution in [0.5, 0.6) is 5.75 Å². The van der Waals surface area contributed by atoms with Crippen LogP contribution in [0.25, 0.3) is 0 Å². The summed E-state index contributed by atoms with van der Waals surface area (Å²) in [5, 5.41) is 2.71. The summed E-state index contributed by atoms with van der Waals surface area (Å²) in [6.45, 7) is 0. The molecule has 0 bridgehead atoms. The second-order valence-electron chi connectivity index (χ2n) is 3.45. The molecule has 2 aromatic rings. The number of halogens is 3. The number of rotatable bonds is 3. The Hall–Kier alpha value is -1.88. The van der Waals surface area contributed by atoms with Crippen molar-refractivity contribution in [3.8, 4) is 5.75 Å². The second kappa shape index (κ2) is 5.18. The van der Waals surface area contributed by atoms with Gasteiger partial charge in [0.1, 0.15) is 11.6 Å². The number of methoxy groups -OCH3 is 1. The molecule has 0 aliphatic heterocycles. The van der Waals surface area contributed by atoms with E-state index < -0.39 is 11.6 Å². The smallest absolute Gasteiger partial charge is 0.167 e. The first kappa shape index (κ1) is 12.6. The molecule has 0 aliphatic rings. The van der Waals surface area contributed by atoms with Crippen molar-refractivity contribution in [2.75, 3.05) is 12.4 Å². The third-order valence-corrected chi connectivity index (χ3v) is 2.44. The van der Waals surface area contributed by atoms with Crippen molar-refractivity contribution in [1.82, 2.24) is 4.98 Å². The molecule has 0 fully saturated rings. The van der Waals surface area contributed by atoms with Gasteiger partial charge in [0.2, 0.25) is 0 Å².